The van der Waals surface area contributed by atoms with Crippen molar-refractivity contribution >= 4 is 5.96 Å². The highest BCUT2D eigenvalue weighted by atomic mass is 19.1. The predicted molar refractivity (Wildman–Crippen MR) is 100 cm³/mol. The molecule has 3 N–H and O–H groups in total. The molecule has 0 heterocycles. The lowest BCUT2D eigenvalue weighted by Crippen LogP contribution is -2.41. The fourth-order valence-corrected chi connectivity index (χ4v) is 2.42. The van der Waals surface area contributed by atoms with Crippen LogP contribution in [0.1, 0.15) is 23.6 Å². The van der Waals surface area contributed by atoms with Crippen LogP contribution >= 0.6 is 0 Å². The predicted octanol–water partition coefficient (Wildman–Crippen LogP) is 2.79. The highest BCUT2D eigenvalue weighted by Gasteiger charge is 2.07. The Morgan fingerprint density at radius 2 is 1.88 bits per heavy atom. The van der Waals surface area contributed by atoms with Crippen molar-refractivity contribution in [3.8, 4) is 0 Å². The average Bonchev–Trinajstić information content (AvgIpc) is 2.61. The first kappa shape index (κ1) is 18.9. The van der Waals surface area contributed by atoms with Crippen molar-refractivity contribution in [2.75, 3.05) is 13.1 Å². The number of aliphatic hydroxyl groups is 1. The Hall–Kier alpha value is -2.40. The summed E-state index contributed by atoms with van der Waals surface area (Å²) in [6.07, 6.45) is 0.0687. The molecule has 0 saturated heterocycles. The number of nitrogens with zero attached hydrogens (tertiary/aromatic N) is 1. The van der Waals surface area contributed by atoms with E-state index in [1.807, 2.05) is 43.3 Å². The Morgan fingerprint density at radius 1 is 1.12 bits per heavy atom. The van der Waals surface area contributed by atoms with Gasteiger partial charge >= 0.3 is 0 Å². The zero-order valence-corrected chi connectivity index (χ0v) is 14.8. The van der Waals surface area contributed by atoms with E-state index in [1.165, 1.54) is 6.07 Å². The van der Waals surface area contributed by atoms with Crippen LogP contribution in [-0.2, 0) is 13.0 Å². The summed E-state index contributed by atoms with van der Waals surface area (Å²) in [5.74, 6) is 0.388. The van der Waals surface area contributed by atoms with Crippen LogP contribution in [0.2, 0.25) is 0 Å². The second-order valence-corrected chi connectivity index (χ2v) is 6.00. The summed E-state index contributed by atoms with van der Waals surface area (Å²) in [6.45, 7) is 5.19. The van der Waals surface area contributed by atoms with Crippen molar-refractivity contribution in [2.24, 2.45) is 4.99 Å². The van der Waals surface area contributed by atoms with E-state index >= 15 is 0 Å². The molecule has 0 aromatic heterocycles. The van der Waals surface area contributed by atoms with Crippen LogP contribution < -0.4 is 10.6 Å². The van der Waals surface area contributed by atoms with Crippen molar-refractivity contribution in [3.63, 3.8) is 0 Å². The smallest absolute Gasteiger partial charge is 0.191 e. The van der Waals surface area contributed by atoms with Gasteiger partial charge in [-0.15, -0.1) is 0 Å². The zero-order chi connectivity index (χ0) is 18.1. The first-order valence-corrected chi connectivity index (χ1v) is 8.57. The summed E-state index contributed by atoms with van der Waals surface area (Å²) in [5, 5.41) is 16.4. The molecule has 0 bridgehead atoms. The van der Waals surface area contributed by atoms with Crippen LogP contribution in [0.4, 0.5) is 4.39 Å². The minimum Gasteiger partial charge on any atom is -0.391 e. The Bertz CT molecular complexity index is 689. The number of guanidine groups is 1. The second-order valence-electron chi connectivity index (χ2n) is 6.00. The SMILES string of the molecule is CCNC(=NCc1ccc(C)c(F)c1)NCC(O)Cc1ccccc1. The zero-order valence-electron chi connectivity index (χ0n) is 14.8. The highest BCUT2D eigenvalue weighted by Crippen LogP contribution is 2.10. The lowest BCUT2D eigenvalue weighted by molar-refractivity contribution is 0.177. The van der Waals surface area contributed by atoms with E-state index in [2.05, 4.69) is 15.6 Å². The number of hydrogen-bond acceptors (Lipinski definition) is 2. The summed E-state index contributed by atoms with van der Waals surface area (Å²) in [7, 11) is 0. The van der Waals surface area contributed by atoms with Gasteiger partial charge in [-0.25, -0.2) is 9.38 Å². The first-order valence-electron chi connectivity index (χ1n) is 8.57. The van der Waals surface area contributed by atoms with Gasteiger partial charge < -0.3 is 15.7 Å². The number of nitrogens with one attached hydrogen (secondary N) is 2. The van der Waals surface area contributed by atoms with Gasteiger partial charge in [0.1, 0.15) is 5.82 Å². The van der Waals surface area contributed by atoms with Gasteiger partial charge in [0.25, 0.3) is 0 Å². The lowest BCUT2D eigenvalue weighted by atomic mass is 10.1. The van der Waals surface area contributed by atoms with Crippen molar-refractivity contribution < 1.29 is 9.50 Å². The van der Waals surface area contributed by atoms with Gasteiger partial charge in [0.05, 0.1) is 12.6 Å². The van der Waals surface area contributed by atoms with Crippen molar-refractivity contribution in [3.05, 3.63) is 71.0 Å². The first-order chi connectivity index (χ1) is 12.1. The molecule has 0 fully saturated rings. The number of aliphatic imine (C=N–C) groups is 1. The van der Waals surface area contributed by atoms with E-state index in [9.17, 15) is 9.50 Å². The van der Waals surface area contributed by atoms with Crippen molar-refractivity contribution in [1.82, 2.24) is 10.6 Å². The molecule has 0 radical (unpaired) electrons. The topological polar surface area (TPSA) is 56.7 Å². The number of halogens is 1. The normalized spacial score (nSPS) is 12.7. The molecule has 0 aliphatic carbocycles. The number of benzene rings is 2. The average molecular weight is 343 g/mol. The van der Waals surface area contributed by atoms with Gasteiger partial charge in [0.2, 0.25) is 0 Å². The van der Waals surface area contributed by atoms with Crippen molar-refractivity contribution in [1.29, 1.82) is 0 Å². The largest absolute Gasteiger partial charge is 0.391 e. The third-order valence-corrected chi connectivity index (χ3v) is 3.82. The molecule has 0 aliphatic rings. The number of aliphatic hydroxyl groups excluding tert-OH is 1. The highest BCUT2D eigenvalue weighted by molar-refractivity contribution is 5.79. The summed E-state index contributed by atoms with van der Waals surface area (Å²) in [5.41, 5.74) is 2.53. The maximum atomic E-state index is 13.6. The summed E-state index contributed by atoms with van der Waals surface area (Å²) >= 11 is 0. The Balaban J connectivity index is 1.89. The fourth-order valence-electron chi connectivity index (χ4n) is 2.42. The number of rotatable bonds is 7. The molecule has 0 spiro atoms. The third-order valence-electron chi connectivity index (χ3n) is 3.82. The van der Waals surface area contributed by atoms with E-state index in [0.717, 1.165) is 11.1 Å². The maximum absolute atomic E-state index is 13.6. The van der Waals surface area contributed by atoms with Crippen LogP contribution in [0, 0.1) is 12.7 Å². The van der Waals surface area contributed by atoms with Crippen LogP contribution in [0.25, 0.3) is 0 Å². The monoisotopic (exact) mass is 343 g/mol. The van der Waals surface area contributed by atoms with E-state index in [-0.39, 0.29) is 5.82 Å². The second kappa shape index (κ2) is 9.79. The van der Waals surface area contributed by atoms with E-state index < -0.39 is 6.10 Å². The molecule has 2 aromatic carbocycles. The number of hydrogen-bond donors (Lipinski definition) is 3. The summed E-state index contributed by atoms with van der Waals surface area (Å²) in [4.78, 5) is 4.45. The van der Waals surface area contributed by atoms with Crippen LogP contribution in [0.3, 0.4) is 0 Å². The molecule has 0 aliphatic heterocycles. The molecule has 2 rings (SSSR count). The lowest BCUT2D eigenvalue weighted by Gasteiger charge is -2.15. The maximum Gasteiger partial charge on any atom is 0.191 e. The minimum absolute atomic E-state index is 0.219. The Kier molecular flexibility index (Phi) is 7.41. The molecule has 25 heavy (non-hydrogen) atoms. The molecule has 4 nitrogen and oxygen atoms in total. The molecule has 2 aromatic rings. The minimum atomic E-state index is -0.511. The summed E-state index contributed by atoms with van der Waals surface area (Å²) in [6, 6.07) is 15.0. The Labute approximate surface area is 148 Å². The molecular formula is C20H26FN3O. The van der Waals surface area contributed by atoms with Crippen LogP contribution in [0.5, 0.6) is 0 Å². The third kappa shape index (κ3) is 6.55. The standard InChI is InChI=1S/C20H26FN3O/c1-3-22-20(23-13-17-10-9-15(2)19(21)12-17)24-14-18(25)11-16-7-5-4-6-8-16/h4-10,12,18,25H,3,11,13-14H2,1-2H3,(H2,22,23,24). The van der Waals surface area contributed by atoms with Gasteiger partial charge in [0, 0.05) is 19.5 Å². The van der Waals surface area contributed by atoms with Crippen LogP contribution in [0.15, 0.2) is 53.5 Å². The van der Waals surface area contributed by atoms with Gasteiger partial charge in [-0.1, -0.05) is 42.5 Å². The molecule has 0 saturated carbocycles. The molecule has 5 heteroatoms. The van der Waals surface area contributed by atoms with Gasteiger partial charge in [0.15, 0.2) is 5.96 Å². The van der Waals surface area contributed by atoms with Gasteiger partial charge in [-0.05, 0) is 36.6 Å². The molecular weight excluding hydrogens is 317 g/mol. The van der Waals surface area contributed by atoms with Gasteiger partial charge in [-0.2, -0.15) is 0 Å². The quantitative estimate of drug-likeness (QED) is 0.535. The van der Waals surface area contributed by atoms with Gasteiger partial charge in [-0.3, -0.25) is 0 Å². The molecule has 1 atom stereocenters. The van der Waals surface area contributed by atoms with Crippen LogP contribution in [-0.4, -0.2) is 30.3 Å². The molecule has 0 amide bonds. The van der Waals surface area contributed by atoms with E-state index in [4.69, 9.17) is 0 Å². The Morgan fingerprint density at radius 3 is 2.56 bits per heavy atom. The van der Waals surface area contributed by atoms with Crippen molar-refractivity contribution in [2.45, 2.75) is 32.9 Å². The van der Waals surface area contributed by atoms with E-state index in [1.54, 1.807) is 13.0 Å². The summed E-state index contributed by atoms with van der Waals surface area (Å²) < 4.78 is 13.6. The molecule has 1 unspecified atom stereocenters. The van der Waals surface area contributed by atoms with E-state index in [0.29, 0.717) is 37.6 Å². The fraction of sp³-hybridized carbons (Fsp3) is 0.350. The molecule has 134 valence electrons. The number of aryl methyl sites for hydroxylation is 1.